The van der Waals surface area contributed by atoms with Gasteiger partial charge < -0.3 is 20.9 Å². The number of carbonyl (C=O) groups excluding carboxylic acids is 1. The molecule has 1 aliphatic heterocycles. The Balaban J connectivity index is 1.97. The molecule has 1 aromatic carbocycles. The maximum atomic E-state index is 12.4. The van der Waals surface area contributed by atoms with Crippen molar-refractivity contribution in [3.8, 4) is 0 Å². The van der Waals surface area contributed by atoms with E-state index in [0.717, 1.165) is 10.6 Å². The zero-order valence-electron chi connectivity index (χ0n) is 12.1. The van der Waals surface area contributed by atoms with Crippen molar-refractivity contribution in [3.05, 3.63) is 41.1 Å². The van der Waals surface area contributed by atoms with Crippen LogP contribution in [0.1, 0.15) is 19.4 Å². The van der Waals surface area contributed by atoms with Crippen LogP contribution in [0.4, 0.5) is 0 Å². The first-order valence-electron chi connectivity index (χ1n) is 6.93. The second kappa shape index (κ2) is 5.91. The molecule has 5 nitrogen and oxygen atoms in total. The Kier molecular flexibility index (Phi) is 4.42. The molecular weight excluding hydrogens is 254 g/mol. The number of benzene rings is 1. The minimum atomic E-state index is -0.550. The summed E-state index contributed by atoms with van der Waals surface area (Å²) in [5.41, 5.74) is 6.53. The molecular formula is C15H22N3O2-. The van der Waals surface area contributed by atoms with Crippen molar-refractivity contribution in [2.45, 2.75) is 31.8 Å². The molecule has 5 heteroatoms. The summed E-state index contributed by atoms with van der Waals surface area (Å²) in [6.45, 7) is 4.92. The molecule has 2 N–H and O–H groups in total. The number of nitrogens with zero attached hydrogens (tertiary/aromatic N) is 2. The van der Waals surface area contributed by atoms with Crippen LogP contribution in [0.15, 0.2) is 30.3 Å². The van der Waals surface area contributed by atoms with Gasteiger partial charge in [0.2, 0.25) is 5.91 Å². The van der Waals surface area contributed by atoms with Crippen LogP contribution in [0.25, 0.3) is 0 Å². The Morgan fingerprint density at radius 3 is 2.60 bits per heavy atom. The third kappa shape index (κ3) is 3.36. The average Bonchev–Trinajstić information content (AvgIpc) is 2.42. The molecule has 110 valence electrons. The van der Waals surface area contributed by atoms with E-state index in [2.05, 4.69) is 0 Å². The van der Waals surface area contributed by atoms with Crippen molar-refractivity contribution in [1.29, 1.82) is 0 Å². The van der Waals surface area contributed by atoms with E-state index in [-0.39, 0.29) is 5.91 Å². The van der Waals surface area contributed by atoms with Gasteiger partial charge in [0.25, 0.3) is 0 Å². The predicted octanol–water partition coefficient (Wildman–Crippen LogP) is 0.977. The van der Waals surface area contributed by atoms with E-state index in [0.29, 0.717) is 26.1 Å². The minimum Gasteiger partial charge on any atom is -0.785 e. The van der Waals surface area contributed by atoms with Gasteiger partial charge in [-0.15, -0.1) is 0 Å². The molecule has 0 aliphatic carbocycles. The van der Waals surface area contributed by atoms with Crippen LogP contribution in [-0.2, 0) is 11.2 Å². The molecule has 1 fully saturated rings. The van der Waals surface area contributed by atoms with Crippen LogP contribution in [0, 0.1) is 5.21 Å². The molecule has 1 atom stereocenters. The molecule has 0 saturated carbocycles. The monoisotopic (exact) mass is 276 g/mol. The number of hydrogen-bond acceptors (Lipinski definition) is 4. The first-order valence-corrected chi connectivity index (χ1v) is 6.93. The van der Waals surface area contributed by atoms with Crippen LogP contribution in [0.2, 0.25) is 0 Å². The Hall–Kier alpha value is -1.43. The molecule has 1 aliphatic rings. The van der Waals surface area contributed by atoms with Gasteiger partial charge in [-0.05, 0) is 25.8 Å². The molecule has 1 saturated heterocycles. The SMILES string of the molecule is CC1(C)CN(C(=O)[C@@H](N)Cc2ccccc2)CCN1[O-]. The molecule has 0 radical (unpaired) electrons. The zero-order valence-corrected chi connectivity index (χ0v) is 12.1. The fourth-order valence-corrected chi connectivity index (χ4v) is 2.52. The lowest BCUT2D eigenvalue weighted by molar-refractivity contribution is -0.136. The topological polar surface area (TPSA) is 72.6 Å². The lowest BCUT2D eigenvalue weighted by atomic mass is 9.99. The van der Waals surface area contributed by atoms with Crippen molar-refractivity contribution >= 4 is 5.91 Å². The summed E-state index contributed by atoms with van der Waals surface area (Å²) in [6.07, 6.45) is 0.525. The number of rotatable bonds is 3. The van der Waals surface area contributed by atoms with Crippen molar-refractivity contribution in [3.63, 3.8) is 0 Å². The van der Waals surface area contributed by atoms with Gasteiger partial charge in [-0.25, -0.2) is 0 Å². The highest BCUT2D eigenvalue weighted by Crippen LogP contribution is 2.20. The summed E-state index contributed by atoms with van der Waals surface area (Å²) in [5.74, 6) is -0.0740. The molecule has 20 heavy (non-hydrogen) atoms. The Morgan fingerprint density at radius 2 is 2.00 bits per heavy atom. The molecule has 0 bridgehead atoms. The van der Waals surface area contributed by atoms with Gasteiger partial charge in [0.1, 0.15) is 0 Å². The van der Waals surface area contributed by atoms with Crippen LogP contribution in [-0.4, -0.2) is 47.1 Å². The predicted molar refractivity (Wildman–Crippen MR) is 78.9 cm³/mol. The summed E-state index contributed by atoms with van der Waals surface area (Å²) in [6, 6.07) is 9.19. The molecule has 1 heterocycles. The molecule has 2 rings (SSSR count). The van der Waals surface area contributed by atoms with Crippen molar-refractivity contribution < 1.29 is 4.79 Å². The van der Waals surface area contributed by atoms with Gasteiger partial charge in [-0.2, -0.15) is 0 Å². The molecule has 1 amide bonds. The largest absolute Gasteiger partial charge is 0.785 e. The Bertz CT molecular complexity index is 461. The standard InChI is InChI=1S/C15H22N3O2/c1-15(2)11-17(8-9-18(15)20)14(19)13(16)10-12-6-4-3-5-7-12/h3-7,13H,8-11,16H2,1-2H3/q-1/t13-/m0/s1. The van der Waals surface area contributed by atoms with Crippen LogP contribution < -0.4 is 5.73 Å². The number of amides is 1. The van der Waals surface area contributed by atoms with E-state index in [1.807, 2.05) is 44.2 Å². The van der Waals surface area contributed by atoms with Crippen LogP contribution in [0.3, 0.4) is 0 Å². The molecule has 1 aromatic rings. The number of hydrogen-bond donors (Lipinski definition) is 1. The third-order valence-corrected chi connectivity index (χ3v) is 3.75. The van der Waals surface area contributed by atoms with Crippen LogP contribution in [0.5, 0.6) is 0 Å². The van der Waals surface area contributed by atoms with E-state index in [4.69, 9.17) is 5.73 Å². The zero-order chi connectivity index (χ0) is 14.8. The van der Waals surface area contributed by atoms with E-state index in [1.165, 1.54) is 0 Å². The summed E-state index contributed by atoms with van der Waals surface area (Å²) >= 11 is 0. The summed E-state index contributed by atoms with van der Waals surface area (Å²) in [4.78, 5) is 14.1. The van der Waals surface area contributed by atoms with E-state index >= 15 is 0 Å². The first kappa shape index (κ1) is 15.0. The number of hydroxylamine groups is 2. The lowest BCUT2D eigenvalue weighted by Gasteiger charge is -2.51. The maximum Gasteiger partial charge on any atom is 0.239 e. The Morgan fingerprint density at radius 1 is 1.35 bits per heavy atom. The number of nitrogens with two attached hydrogens (primary N) is 1. The maximum absolute atomic E-state index is 12.4. The summed E-state index contributed by atoms with van der Waals surface area (Å²) in [7, 11) is 0. The van der Waals surface area contributed by atoms with Crippen molar-refractivity contribution in [2.75, 3.05) is 19.6 Å². The fraction of sp³-hybridized carbons (Fsp3) is 0.533. The smallest absolute Gasteiger partial charge is 0.239 e. The highest BCUT2D eigenvalue weighted by atomic mass is 16.5. The van der Waals surface area contributed by atoms with E-state index in [1.54, 1.807) is 4.90 Å². The second-order valence-corrected chi connectivity index (χ2v) is 5.97. The normalized spacial score (nSPS) is 20.7. The van der Waals surface area contributed by atoms with Gasteiger partial charge in [-0.3, -0.25) is 4.79 Å². The summed E-state index contributed by atoms with van der Waals surface area (Å²) in [5, 5.41) is 12.7. The van der Waals surface area contributed by atoms with Crippen molar-refractivity contribution in [1.82, 2.24) is 9.96 Å². The highest BCUT2D eigenvalue weighted by Gasteiger charge is 2.32. The van der Waals surface area contributed by atoms with Gasteiger partial charge in [0.15, 0.2) is 0 Å². The third-order valence-electron chi connectivity index (χ3n) is 3.75. The first-order chi connectivity index (χ1) is 9.40. The number of piperazine rings is 1. The quantitative estimate of drug-likeness (QED) is 0.893. The highest BCUT2D eigenvalue weighted by molar-refractivity contribution is 5.82. The second-order valence-electron chi connectivity index (χ2n) is 5.97. The average molecular weight is 276 g/mol. The van der Waals surface area contributed by atoms with Gasteiger partial charge in [-0.1, -0.05) is 30.3 Å². The number of carbonyl (C=O) groups is 1. The Labute approximate surface area is 119 Å². The van der Waals surface area contributed by atoms with Crippen LogP contribution >= 0.6 is 0 Å². The van der Waals surface area contributed by atoms with Crippen molar-refractivity contribution in [2.24, 2.45) is 5.73 Å². The molecule has 0 unspecified atom stereocenters. The van der Waals surface area contributed by atoms with E-state index < -0.39 is 11.6 Å². The van der Waals surface area contributed by atoms with Gasteiger partial charge >= 0.3 is 0 Å². The molecule has 0 aromatic heterocycles. The minimum absolute atomic E-state index is 0.0740. The van der Waals surface area contributed by atoms with Gasteiger partial charge in [0, 0.05) is 25.2 Å². The van der Waals surface area contributed by atoms with Gasteiger partial charge in [0.05, 0.1) is 6.04 Å². The fourth-order valence-electron chi connectivity index (χ4n) is 2.52. The van der Waals surface area contributed by atoms with E-state index in [9.17, 15) is 10.0 Å². The summed E-state index contributed by atoms with van der Waals surface area (Å²) < 4.78 is 0. The molecule has 0 spiro atoms. The lowest BCUT2D eigenvalue weighted by Crippen LogP contribution is -2.60.